The van der Waals surface area contributed by atoms with Crippen molar-refractivity contribution in [3.8, 4) is 0 Å². The summed E-state index contributed by atoms with van der Waals surface area (Å²) in [6, 6.07) is 0. The van der Waals surface area contributed by atoms with Crippen molar-refractivity contribution in [1.82, 2.24) is 0 Å². The van der Waals surface area contributed by atoms with E-state index in [0.717, 1.165) is 50.5 Å². The quantitative estimate of drug-likeness (QED) is 0.411. The van der Waals surface area contributed by atoms with E-state index in [1.807, 2.05) is 6.08 Å². The predicted molar refractivity (Wildman–Crippen MR) is 140 cm³/mol. The van der Waals surface area contributed by atoms with Gasteiger partial charge in [0.05, 0.1) is 10.9 Å². The molecule has 3 aliphatic carbocycles. The molecule has 0 amide bonds. The van der Waals surface area contributed by atoms with Crippen molar-refractivity contribution in [2.75, 3.05) is 0 Å². The van der Waals surface area contributed by atoms with E-state index < -0.39 is 19.6 Å². The smallest absolute Gasteiger partial charge is 0.226 e. The Balaban J connectivity index is 1.79. The lowest BCUT2D eigenvalue weighted by Gasteiger charge is -2.44. The molecule has 0 spiro atoms. The Morgan fingerprint density at radius 2 is 1.82 bits per heavy atom. The number of hydrogen-bond acceptors (Lipinski definition) is 3. The summed E-state index contributed by atoms with van der Waals surface area (Å²) in [6.45, 7) is 14.5. The maximum atomic E-state index is 15.3. The fourth-order valence-corrected chi connectivity index (χ4v) is 8.14. The Morgan fingerprint density at radius 3 is 2.47 bits per heavy atom. The Morgan fingerprint density at radius 1 is 1.15 bits per heavy atom. The molecular weight excluding hydrogens is 447 g/mol. The summed E-state index contributed by atoms with van der Waals surface area (Å²) in [6.07, 6.45) is 15.2. The van der Waals surface area contributed by atoms with Crippen LogP contribution in [0.15, 0.2) is 47.6 Å². The van der Waals surface area contributed by atoms with Crippen molar-refractivity contribution in [3.05, 3.63) is 47.6 Å². The van der Waals surface area contributed by atoms with Gasteiger partial charge in [0.15, 0.2) is 9.84 Å². The van der Waals surface area contributed by atoms with E-state index in [9.17, 15) is 13.5 Å². The van der Waals surface area contributed by atoms with Gasteiger partial charge in [-0.2, -0.15) is 0 Å². The van der Waals surface area contributed by atoms with Crippen molar-refractivity contribution < 1.29 is 17.9 Å². The molecule has 34 heavy (non-hydrogen) atoms. The molecule has 0 bridgehead atoms. The molecule has 0 aromatic heterocycles. The maximum Gasteiger partial charge on any atom is 0.226 e. The predicted octanol–water partition coefficient (Wildman–Crippen LogP) is 7.25. The third-order valence-corrected chi connectivity index (χ3v) is 11.7. The summed E-state index contributed by atoms with van der Waals surface area (Å²) in [5.74, 6) is 0.992. The van der Waals surface area contributed by atoms with Crippen molar-refractivity contribution in [3.63, 3.8) is 0 Å². The van der Waals surface area contributed by atoms with Gasteiger partial charge in [0.25, 0.3) is 0 Å². The standard InChI is InChI=1S/C29H45FO3S/c1-20-10-13-24(31)19-23(20)12-11-22-9-8-17-28(6)25(14-15-26(22)28)21(2)16-18-29(7,30)34(32,33)27(3,4)5/h11-12,16,18,21,24-26,31H,1,8-10,13-15,17,19H2,2-7H3/b18-16+,22-11+,23-12-/t21?,24-,25?,26-,28+,29+/m0/s1. The van der Waals surface area contributed by atoms with Crippen LogP contribution in [-0.4, -0.2) is 29.4 Å². The Labute approximate surface area is 207 Å². The number of halogens is 1. The molecule has 1 N–H and O–H groups in total. The Hall–Kier alpha value is -1.20. The third kappa shape index (κ3) is 5.16. The first-order chi connectivity index (χ1) is 15.6. The molecule has 0 aromatic carbocycles. The van der Waals surface area contributed by atoms with E-state index in [0.29, 0.717) is 18.3 Å². The van der Waals surface area contributed by atoms with Crippen LogP contribution in [0.5, 0.6) is 0 Å². The molecule has 0 saturated heterocycles. The normalized spacial score (nSPS) is 36.1. The molecule has 5 heteroatoms. The molecule has 0 heterocycles. The number of aliphatic hydroxyl groups is 1. The van der Waals surface area contributed by atoms with Gasteiger partial charge in [-0.05, 0) is 114 Å². The number of alkyl halides is 1. The maximum absolute atomic E-state index is 15.3. The Bertz CT molecular complexity index is 979. The van der Waals surface area contributed by atoms with Crippen LogP contribution in [0.25, 0.3) is 0 Å². The average molecular weight is 493 g/mol. The molecule has 3 nitrogen and oxygen atoms in total. The fraction of sp³-hybridized carbons (Fsp3) is 0.724. The highest BCUT2D eigenvalue weighted by atomic mass is 32.2. The topological polar surface area (TPSA) is 54.4 Å². The van der Waals surface area contributed by atoms with E-state index in [-0.39, 0.29) is 17.4 Å². The lowest BCUT2D eigenvalue weighted by atomic mass is 9.61. The van der Waals surface area contributed by atoms with Crippen molar-refractivity contribution in [2.24, 2.45) is 23.2 Å². The molecule has 2 unspecified atom stereocenters. The van der Waals surface area contributed by atoms with Gasteiger partial charge in [-0.25, -0.2) is 12.8 Å². The summed E-state index contributed by atoms with van der Waals surface area (Å²) < 4.78 is 39.6. The second kappa shape index (κ2) is 9.69. The first-order valence-corrected chi connectivity index (χ1v) is 14.5. The van der Waals surface area contributed by atoms with Crippen LogP contribution < -0.4 is 0 Å². The molecule has 6 atom stereocenters. The van der Waals surface area contributed by atoms with E-state index in [2.05, 4.69) is 32.6 Å². The van der Waals surface area contributed by atoms with E-state index >= 15 is 4.39 Å². The zero-order chi connectivity index (χ0) is 25.5. The first kappa shape index (κ1) is 27.4. The molecule has 0 aromatic rings. The van der Waals surface area contributed by atoms with Gasteiger partial charge in [-0.15, -0.1) is 0 Å². The highest BCUT2D eigenvalue weighted by molar-refractivity contribution is 7.94. The van der Waals surface area contributed by atoms with Gasteiger partial charge in [-0.1, -0.05) is 49.8 Å². The van der Waals surface area contributed by atoms with Crippen LogP contribution >= 0.6 is 0 Å². The summed E-state index contributed by atoms with van der Waals surface area (Å²) in [5, 5.41) is 7.67. The van der Waals surface area contributed by atoms with Crippen molar-refractivity contribution >= 4 is 9.84 Å². The number of sulfone groups is 1. The van der Waals surface area contributed by atoms with Gasteiger partial charge >= 0.3 is 0 Å². The molecule has 0 aliphatic heterocycles. The van der Waals surface area contributed by atoms with Crippen LogP contribution in [0.2, 0.25) is 0 Å². The second-order valence-corrected chi connectivity index (χ2v) is 15.4. The molecule has 0 radical (unpaired) electrons. The van der Waals surface area contributed by atoms with Crippen LogP contribution in [0.3, 0.4) is 0 Å². The monoisotopic (exact) mass is 492 g/mol. The molecule has 3 aliphatic rings. The second-order valence-electron chi connectivity index (χ2n) is 12.3. The van der Waals surface area contributed by atoms with Crippen LogP contribution in [0, 0.1) is 23.2 Å². The van der Waals surface area contributed by atoms with Gasteiger partial charge in [0, 0.05) is 0 Å². The van der Waals surface area contributed by atoms with E-state index in [1.54, 1.807) is 20.8 Å². The summed E-state index contributed by atoms with van der Waals surface area (Å²) in [5.41, 5.74) is 3.93. The minimum absolute atomic E-state index is 0.103. The number of hydrogen-bond donors (Lipinski definition) is 1. The van der Waals surface area contributed by atoms with Gasteiger partial charge in [0.1, 0.15) is 0 Å². The highest BCUT2D eigenvalue weighted by Gasteiger charge is 2.51. The fourth-order valence-electron chi connectivity index (χ4n) is 6.68. The van der Waals surface area contributed by atoms with Crippen LogP contribution in [0.1, 0.15) is 92.9 Å². The SMILES string of the molecule is C=C1CC[C@H](O)C/C1=C/C=C1\CCC[C@]2(C)C(C(C)/C=C/[C@](C)(F)S(=O)(=O)C(C)(C)C)CC[C@@H]12. The largest absolute Gasteiger partial charge is 0.393 e. The molecule has 3 saturated carbocycles. The zero-order valence-corrected chi connectivity index (χ0v) is 22.8. The molecule has 3 rings (SSSR count). The number of aliphatic hydroxyl groups excluding tert-OH is 1. The molecule has 3 fully saturated rings. The summed E-state index contributed by atoms with van der Waals surface area (Å²) in [4.78, 5) is 0. The van der Waals surface area contributed by atoms with Crippen LogP contribution in [-0.2, 0) is 9.84 Å². The zero-order valence-electron chi connectivity index (χ0n) is 22.0. The molecular formula is C29H45FO3S. The van der Waals surface area contributed by atoms with E-state index in [1.165, 1.54) is 24.1 Å². The lowest BCUT2D eigenvalue weighted by Crippen LogP contribution is -2.42. The first-order valence-electron chi connectivity index (χ1n) is 13.0. The van der Waals surface area contributed by atoms with Crippen LogP contribution in [0.4, 0.5) is 4.39 Å². The van der Waals surface area contributed by atoms with Crippen molar-refractivity contribution in [2.45, 2.75) is 109 Å². The van der Waals surface area contributed by atoms with E-state index in [4.69, 9.17) is 0 Å². The Kier molecular flexibility index (Phi) is 7.80. The minimum atomic E-state index is -3.96. The highest BCUT2D eigenvalue weighted by Crippen LogP contribution is 2.59. The van der Waals surface area contributed by atoms with Gasteiger partial charge < -0.3 is 5.11 Å². The van der Waals surface area contributed by atoms with Gasteiger partial charge in [-0.3, -0.25) is 0 Å². The number of fused-ring (bicyclic) bond motifs is 1. The summed E-state index contributed by atoms with van der Waals surface area (Å²) >= 11 is 0. The minimum Gasteiger partial charge on any atom is -0.393 e. The number of rotatable bonds is 5. The number of allylic oxidation sites excluding steroid dienone is 5. The van der Waals surface area contributed by atoms with Gasteiger partial charge in [0.2, 0.25) is 5.00 Å². The lowest BCUT2D eigenvalue weighted by molar-refractivity contribution is 0.112. The third-order valence-electron chi connectivity index (χ3n) is 8.89. The summed E-state index contributed by atoms with van der Waals surface area (Å²) in [7, 11) is -3.96. The molecule has 192 valence electrons. The average Bonchev–Trinajstić information content (AvgIpc) is 3.09. The van der Waals surface area contributed by atoms with Crippen molar-refractivity contribution in [1.29, 1.82) is 0 Å².